The Morgan fingerprint density at radius 3 is 2.47 bits per heavy atom. The summed E-state index contributed by atoms with van der Waals surface area (Å²) in [5.74, 6) is 3.39. The second-order valence-corrected chi connectivity index (χ2v) is 8.68. The zero-order valence-electron chi connectivity index (χ0n) is 19.2. The normalized spacial score (nSPS) is 17.4. The third-order valence-corrected chi connectivity index (χ3v) is 6.47. The monoisotopic (exact) mass is 440 g/mol. The van der Waals surface area contributed by atoms with Crippen molar-refractivity contribution in [3.63, 3.8) is 0 Å². The molecule has 3 amide bonds. The Morgan fingerprint density at radius 1 is 1.12 bits per heavy atom. The average Bonchev–Trinajstić information content (AvgIpc) is 2.84. The van der Waals surface area contributed by atoms with E-state index in [4.69, 9.17) is 11.2 Å². The lowest BCUT2D eigenvalue weighted by Crippen LogP contribution is -2.54. The summed E-state index contributed by atoms with van der Waals surface area (Å²) < 4.78 is 5.37. The highest BCUT2D eigenvalue weighted by atomic mass is 16.5. The van der Waals surface area contributed by atoms with Gasteiger partial charge in [-0.2, -0.15) is 0 Å². The van der Waals surface area contributed by atoms with Crippen LogP contribution in [0.5, 0.6) is 5.75 Å². The predicted octanol–water partition coefficient (Wildman–Crippen LogP) is 2.36. The van der Waals surface area contributed by atoms with Gasteiger partial charge >= 0.3 is 6.03 Å². The molecule has 0 unspecified atom stereocenters. The summed E-state index contributed by atoms with van der Waals surface area (Å²) in [6.07, 6.45) is 11.9. The quantitative estimate of drug-likeness (QED) is 0.631. The van der Waals surface area contributed by atoms with Crippen LogP contribution in [0, 0.1) is 12.3 Å². The number of piperazine rings is 1. The molecule has 0 radical (unpaired) electrons. The van der Waals surface area contributed by atoms with E-state index in [1.165, 1.54) is 19.3 Å². The number of carbonyl (C=O) groups excluding carboxylic acids is 2. The molecule has 1 aromatic carbocycles. The van der Waals surface area contributed by atoms with Crippen LogP contribution in [0.25, 0.3) is 0 Å². The first kappa shape index (κ1) is 23.9. The summed E-state index contributed by atoms with van der Waals surface area (Å²) in [5.41, 5.74) is 1.13. The zero-order valence-corrected chi connectivity index (χ0v) is 19.2. The van der Waals surface area contributed by atoms with E-state index in [0.29, 0.717) is 32.2 Å². The van der Waals surface area contributed by atoms with Crippen molar-refractivity contribution in [3.05, 3.63) is 29.8 Å². The van der Waals surface area contributed by atoms with E-state index in [1.807, 2.05) is 41.1 Å². The standard InChI is InChI=1S/C25H36N4O3/c1-3-19-32-23-11-9-21(10-12-23)13-14-26-25(31)29-17-15-28(16-18-29)20-24(30)27(2)22-7-5-4-6-8-22/h1,9-12,22H,4-8,13-20H2,2H3,(H,26,31). The van der Waals surface area contributed by atoms with Gasteiger partial charge in [-0.05, 0) is 37.0 Å². The summed E-state index contributed by atoms with van der Waals surface area (Å²) in [5, 5.41) is 3.00. The second-order valence-electron chi connectivity index (χ2n) is 8.68. The van der Waals surface area contributed by atoms with Gasteiger partial charge in [0.15, 0.2) is 0 Å². The third kappa shape index (κ3) is 7.16. The van der Waals surface area contributed by atoms with E-state index in [9.17, 15) is 9.59 Å². The van der Waals surface area contributed by atoms with Gasteiger partial charge in [-0.3, -0.25) is 9.69 Å². The summed E-state index contributed by atoms with van der Waals surface area (Å²) >= 11 is 0. The van der Waals surface area contributed by atoms with Crippen molar-refractivity contribution in [3.8, 4) is 18.1 Å². The van der Waals surface area contributed by atoms with Crippen LogP contribution < -0.4 is 10.1 Å². The SMILES string of the molecule is C#CCOc1ccc(CCNC(=O)N2CCN(CC(=O)N(C)C3CCCCC3)CC2)cc1. The van der Waals surface area contributed by atoms with Crippen molar-refractivity contribution in [2.24, 2.45) is 0 Å². The largest absolute Gasteiger partial charge is 0.481 e. The maximum Gasteiger partial charge on any atom is 0.317 e. The van der Waals surface area contributed by atoms with Crippen molar-refractivity contribution in [2.45, 2.75) is 44.6 Å². The van der Waals surface area contributed by atoms with Gasteiger partial charge in [-0.1, -0.05) is 37.3 Å². The minimum atomic E-state index is -0.0377. The second kappa shape index (κ2) is 12.4. The minimum absolute atomic E-state index is 0.0377. The maximum absolute atomic E-state index is 12.6. The Balaban J connectivity index is 1.32. The molecule has 32 heavy (non-hydrogen) atoms. The topological polar surface area (TPSA) is 65.1 Å². The zero-order chi connectivity index (χ0) is 22.8. The Bertz CT molecular complexity index is 775. The molecule has 3 rings (SSSR count). The molecule has 1 aliphatic carbocycles. The lowest BCUT2D eigenvalue weighted by molar-refractivity contribution is -0.134. The number of urea groups is 1. The molecule has 2 fully saturated rings. The van der Waals surface area contributed by atoms with E-state index in [2.05, 4.69) is 16.1 Å². The number of nitrogens with one attached hydrogen (secondary N) is 1. The molecule has 1 aromatic rings. The highest BCUT2D eigenvalue weighted by molar-refractivity contribution is 5.78. The van der Waals surface area contributed by atoms with Crippen molar-refractivity contribution < 1.29 is 14.3 Å². The van der Waals surface area contributed by atoms with Gasteiger partial charge in [-0.15, -0.1) is 6.42 Å². The van der Waals surface area contributed by atoms with E-state index in [-0.39, 0.29) is 18.5 Å². The molecule has 1 aliphatic heterocycles. The summed E-state index contributed by atoms with van der Waals surface area (Å²) in [6.45, 7) is 4.04. The van der Waals surface area contributed by atoms with Crippen molar-refractivity contribution in [1.29, 1.82) is 0 Å². The third-order valence-electron chi connectivity index (χ3n) is 6.47. The number of hydrogen-bond donors (Lipinski definition) is 1. The fourth-order valence-electron chi connectivity index (χ4n) is 4.39. The highest BCUT2D eigenvalue weighted by Crippen LogP contribution is 2.21. The van der Waals surface area contributed by atoms with Crippen LogP contribution in [-0.2, 0) is 11.2 Å². The Labute approximate surface area is 192 Å². The Kier molecular flexibility index (Phi) is 9.24. The molecule has 0 bridgehead atoms. The number of amides is 3. The molecule has 174 valence electrons. The van der Waals surface area contributed by atoms with Gasteiger partial charge in [0.1, 0.15) is 12.4 Å². The molecule has 1 saturated heterocycles. The number of rotatable bonds is 8. The molecule has 1 saturated carbocycles. The number of likely N-dealkylation sites (N-methyl/N-ethyl adjacent to an activating group) is 1. The number of terminal acetylenes is 1. The predicted molar refractivity (Wildman–Crippen MR) is 126 cm³/mol. The van der Waals surface area contributed by atoms with Crippen LogP contribution in [0.1, 0.15) is 37.7 Å². The summed E-state index contributed by atoms with van der Waals surface area (Å²) in [4.78, 5) is 31.1. The lowest BCUT2D eigenvalue weighted by atomic mass is 9.94. The Hall–Kier alpha value is -2.72. The van der Waals surface area contributed by atoms with Crippen LogP contribution in [0.3, 0.4) is 0 Å². The van der Waals surface area contributed by atoms with Crippen molar-refractivity contribution in [2.75, 3.05) is 52.9 Å². The Morgan fingerprint density at radius 2 is 1.81 bits per heavy atom. The number of carbonyl (C=O) groups is 2. The number of ether oxygens (including phenoxy) is 1. The first-order valence-corrected chi connectivity index (χ1v) is 11.7. The van der Waals surface area contributed by atoms with Gasteiger partial charge in [0.2, 0.25) is 5.91 Å². The maximum atomic E-state index is 12.6. The van der Waals surface area contributed by atoms with Gasteiger partial charge in [-0.25, -0.2) is 4.79 Å². The average molecular weight is 441 g/mol. The smallest absolute Gasteiger partial charge is 0.317 e. The van der Waals surface area contributed by atoms with E-state index >= 15 is 0 Å². The van der Waals surface area contributed by atoms with Gasteiger partial charge in [0, 0.05) is 45.8 Å². The van der Waals surface area contributed by atoms with Gasteiger partial charge in [0.25, 0.3) is 0 Å². The van der Waals surface area contributed by atoms with Crippen LogP contribution >= 0.6 is 0 Å². The molecule has 0 spiro atoms. The molecular formula is C25H36N4O3. The first-order valence-electron chi connectivity index (χ1n) is 11.7. The van der Waals surface area contributed by atoms with Crippen LogP contribution in [0.15, 0.2) is 24.3 Å². The van der Waals surface area contributed by atoms with Crippen molar-refractivity contribution >= 4 is 11.9 Å². The lowest BCUT2D eigenvalue weighted by Gasteiger charge is -2.36. The molecular weight excluding hydrogens is 404 g/mol. The minimum Gasteiger partial charge on any atom is -0.481 e. The fraction of sp³-hybridized carbons (Fsp3) is 0.600. The fourth-order valence-corrected chi connectivity index (χ4v) is 4.39. The number of hydrogen-bond acceptors (Lipinski definition) is 4. The summed E-state index contributed by atoms with van der Waals surface area (Å²) in [6, 6.07) is 8.11. The molecule has 0 aromatic heterocycles. The van der Waals surface area contributed by atoms with E-state index in [1.54, 1.807) is 0 Å². The number of nitrogens with zero attached hydrogens (tertiary/aromatic N) is 3. The van der Waals surface area contributed by atoms with Gasteiger partial charge < -0.3 is 19.9 Å². The van der Waals surface area contributed by atoms with Crippen LogP contribution in [0.4, 0.5) is 4.79 Å². The van der Waals surface area contributed by atoms with Crippen LogP contribution in [0.2, 0.25) is 0 Å². The molecule has 0 atom stereocenters. The summed E-state index contributed by atoms with van der Waals surface area (Å²) in [7, 11) is 1.94. The molecule has 2 aliphatic rings. The highest BCUT2D eigenvalue weighted by Gasteiger charge is 2.26. The van der Waals surface area contributed by atoms with Crippen molar-refractivity contribution in [1.82, 2.24) is 20.0 Å². The molecule has 7 heteroatoms. The van der Waals surface area contributed by atoms with E-state index < -0.39 is 0 Å². The molecule has 1 heterocycles. The van der Waals surface area contributed by atoms with E-state index in [0.717, 1.165) is 43.7 Å². The first-order chi connectivity index (χ1) is 15.6. The number of benzene rings is 1. The molecule has 7 nitrogen and oxygen atoms in total. The van der Waals surface area contributed by atoms with Crippen LogP contribution in [-0.4, -0.2) is 85.6 Å². The van der Waals surface area contributed by atoms with Gasteiger partial charge in [0.05, 0.1) is 6.54 Å². The molecule has 1 N–H and O–H groups in total.